The van der Waals surface area contributed by atoms with Crippen molar-refractivity contribution in [2.75, 3.05) is 13.1 Å². The first-order valence-corrected chi connectivity index (χ1v) is 9.56. The SMILES string of the molecule is Cl.NC1CCC2CN(C(=O)c3cc(-c4cccnc4)nc4ccccc34)CC12. The van der Waals surface area contributed by atoms with E-state index in [2.05, 4.69) is 4.98 Å². The lowest BCUT2D eigenvalue weighted by molar-refractivity contribution is 0.0781. The molecule has 144 valence electrons. The van der Waals surface area contributed by atoms with Crippen molar-refractivity contribution in [2.45, 2.75) is 18.9 Å². The second-order valence-electron chi connectivity index (χ2n) is 7.69. The maximum Gasteiger partial charge on any atom is 0.254 e. The molecule has 1 saturated carbocycles. The molecular formula is C22H23ClN4O. The van der Waals surface area contributed by atoms with E-state index in [1.165, 1.54) is 0 Å². The highest BCUT2D eigenvalue weighted by atomic mass is 35.5. The minimum Gasteiger partial charge on any atom is -0.338 e. The number of halogens is 1. The van der Waals surface area contributed by atoms with Crippen LogP contribution >= 0.6 is 12.4 Å². The van der Waals surface area contributed by atoms with Crippen LogP contribution in [0, 0.1) is 11.8 Å². The van der Waals surface area contributed by atoms with E-state index in [9.17, 15) is 4.79 Å². The van der Waals surface area contributed by atoms with Crippen LogP contribution in [0.4, 0.5) is 0 Å². The molecule has 1 amide bonds. The van der Waals surface area contributed by atoms with Crippen LogP contribution in [0.5, 0.6) is 0 Å². The van der Waals surface area contributed by atoms with Crippen LogP contribution in [0.3, 0.4) is 0 Å². The summed E-state index contributed by atoms with van der Waals surface area (Å²) in [5.41, 5.74) is 9.50. The lowest BCUT2D eigenvalue weighted by Crippen LogP contribution is -2.33. The molecule has 0 spiro atoms. The molecule has 3 unspecified atom stereocenters. The van der Waals surface area contributed by atoms with Crippen molar-refractivity contribution >= 4 is 29.2 Å². The topological polar surface area (TPSA) is 72.1 Å². The number of carbonyl (C=O) groups is 1. The molecule has 1 aromatic carbocycles. The highest BCUT2D eigenvalue weighted by Crippen LogP contribution is 2.38. The molecule has 2 fully saturated rings. The summed E-state index contributed by atoms with van der Waals surface area (Å²) in [6.07, 6.45) is 5.74. The molecule has 5 rings (SSSR count). The number of nitrogens with zero attached hydrogens (tertiary/aromatic N) is 3. The van der Waals surface area contributed by atoms with Gasteiger partial charge in [0.25, 0.3) is 5.91 Å². The number of hydrogen-bond acceptors (Lipinski definition) is 4. The van der Waals surface area contributed by atoms with Gasteiger partial charge in [-0.3, -0.25) is 9.78 Å². The number of rotatable bonds is 2. The zero-order chi connectivity index (χ0) is 18.4. The predicted octanol–water partition coefficient (Wildman–Crippen LogP) is 3.53. The van der Waals surface area contributed by atoms with Crippen molar-refractivity contribution in [1.29, 1.82) is 0 Å². The first-order valence-electron chi connectivity index (χ1n) is 9.56. The third-order valence-corrected chi connectivity index (χ3v) is 6.10. The number of fused-ring (bicyclic) bond motifs is 2. The number of hydrogen-bond donors (Lipinski definition) is 1. The summed E-state index contributed by atoms with van der Waals surface area (Å²) < 4.78 is 0. The number of pyridine rings is 2. The number of aromatic nitrogens is 2. The molecule has 28 heavy (non-hydrogen) atoms. The third-order valence-electron chi connectivity index (χ3n) is 6.10. The van der Waals surface area contributed by atoms with E-state index in [1.807, 2.05) is 47.4 Å². The van der Waals surface area contributed by atoms with Crippen LogP contribution < -0.4 is 5.73 Å². The Hall–Kier alpha value is -2.50. The number of likely N-dealkylation sites (tertiary alicyclic amines) is 1. The molecule has 5 nitrogen and oxygen atoms in total. The Kier molecular flexibility index (Phi) is 5.04. The number of carbonyl (C=O) groups excluding carboxylic acids is 1. The normalized spacial score (nSPS) is 23.5. The van der Waals surface area contributed by atoms with Gasteiger partial charge in [-0.05, 0) is 48.9 Å². The van der Waals surface area contributed by atoms with Gasteiger partial charge < -0.3 is 10.6 Å². The molecular weight excluding hydrogens is 372 g/mol. The number of para-hydroxylation sites is 1. The van der Waals surface area contributed by atoms with Crippen LogP contribution in [0.25, 0.3) is 22.2 Å². The van der Waals surface area contributed by atoms with E-state index in [0.717, 1.165) is 48.1 Å². The summed E-state index contributed by atoms with van der Waals surface area (Å²) in [6, 6.07) is 13.8. The van der Waals surface area contributed by atoms with E-state index >= 15 is 0 Å². The Bertz CT molecular complexity index is 1010. The highest BCUT2D eigenvalue weighted by Gasteiger charge is 2.42. The minimum atomic E-state index is 0. The summed E-state index contributed by atoms with van der Waals surface area (Å²) in [5, 5.41) is 0.900. The van der Waals surface area contributed by atoms with Crippen LogP contribution in [-0.2, 0) is 0 Å². The van der Waals surface area contributed by atoms with Gasteiger partial charge in [0.05, 0.1) is 16.8 Å². The molecule has 2 N–H and O–H groups in total. The predicted molar refractivity (Wildman–Crippen MR) is 112 cm³/mol. The summed E-state index contributed by atoms with van der Waals surface area (Å²) in [4.78, 5) is 24.4. The van der Waals surface area contributed by atoms with E-state index in [-0.39, 0.29) is 24.4 Å². The maximum atomic E-state index is 13.4. The van der Waals surface area contributed by atoms with E-state index in [4.69, 9.17) is 10.7 Å². The smallest absolute Gasteiger partial charge is 0.254 e. The van der Waals surface area contributed by atoms with Crippen LogP contribution in [0.2, 0.25) is 0 Å². The fourth-order valence-corrected chi connectivity index (χ4v) is 4.66. The van der Waals surface area contributed by atoms with Gasteiger partial charge in [0.1, 0.15) is 0 Å². The summed E-state index contributed by atoms with van der Waals surface area (Å²) in [7, 11) is 0. The fourth-order valence-electron chi connectivity index (χ4n) is 4.66. The second kappa shape index (κ2) is 7.49. The van der Waals surface area contributed by atoms with Crippen LogP contribution in [0.1, 0.15) is 23.2 Å². The minimum absolute atomic E-state index is 0. The van der Waals surface area contributed by atoms with Crippen molar-refractivity contribution in [3.8, 4) is 11.3 Å². The molecule has 2 aromatic heterocycles. The molecule has 0 bridgehead atoms. The Balaban J connectivity index is 0.00000192. The van der Waals surface area contributed by atoms with Crippen molar-refractivity contribution in [3.63, 3.8) is 0 Å². The zero-order valence-corrected chi connectivity index (χ0v) is 16.3. The van der Waals surface area contributed by atoms with Gasteiger partial charge in [-0.2, -0.15) is 0 Å². The molecule has 3 aromatic rings. The van der Waals surface area contributed by atoms with E-state index in [0.29, 0.717) is 17.4 Å². The van der Waals surface area contributed by atoms with E-state index < -0.39 is 0 Å². The van der Waals surface area contributed by atoms with Gasteiger partial charge in [-0.25, -0.2) is 4.98 Å². The maximum absolute atomic E-state index is 13.4. The van der Waals surface area contributed by atoms with Crippen LogP contribution in [-0.4, -0.2) is 39.9 Å². The Labute approximate surface area is 170 Å². The lowest BCUT2D eigenvalue weighted by atomic mass is 9.98. The summed E-state index contributed by atoms with van der Waals surface area (Å²) >= 11 is 0. The van der Waals surface area contributed by atoms with Crippen molar-refractivity contribution in [3.05, 3.63) is 60.4 Å². The highest BCUT2D eigenvalue weighted by molar-refractivity contribution is 6.07. The number of nitrogens with two attached hydrogens (primary N) is 1. The van der Waals surface area contributed by atoms with Gasteiger partial charge in [-0.1, -0.05) is 18.2 Å². The van der Waals surface area contributed by atoms with Gasteiger partial charge in [0, 0.05) is 42.5 Å². The largest absolute Gasteiger partial charge is 0.338 e. The van der Waals surface area contributed by atoms with Gasteiger partial charge in [-0.15, -0.1) is 12.4 Å². The Morgan fingerprint density at radius 3 is 2.75 bits per heavy atom. The molecule has 2 aliphatic rings. The Morgan fingerprint density at radius 1 is 1.11 bits per heavy atom. The van der Waals surface area contributed by atoms with Gasteiger partial charge in [0.15, 0.2) is 0 Å². The van der Waals surface area contributed by atoms with E-state index in [1.54, 1.807) is 12.4 Å². The van der Waals surface area contributed by atoms with Crippen molar-refractivity contribution < 1.29 is 4.79 Å². The first kappa shape index (κ1) is 18.8. The lowest BCUT2D eigenvalue weighted by Gasteiger charge is -2.20. The van der Waals surface area contributed by atoms with Crippen LogP contribution in [0.15, 0.2) is 54.9 Å². The summed E-state index contributed by atoms with van der Waals surface area (Å²) in [5.74, 6) is 1.08. The molecule has 3 atom stereocenters. The van der Waals surface area contributed by atoms with Crippen molar-refractivity contribution in [2.24, 2.45) is 17.6 Å². The fraction of sp³-hybridized carbons (Fsp3) is 0.318. The molecule has 1 saturated heterocycles. The van der Waals surface area contributed by atoms with Crippen molar-refractivity contribution in [1.82, 2.24) is 14.9 Å². The molecule has 6 heteroatoms. The number of amides is 1. The second-order valence-corrected chi connectivity index (χ2v) is 7.69. The van der Waals surface area contributed by atoms with Gasteiger partial charge >= 0.3 is 0 Å². The molecule has 3 heterocycles. The molecule has 0 radical (unpaired) electrons. The molecule has 1 aliphatic heterocycles. The number of benzene rings is 1. The third kappa shape index (κ3) is 3.15. The standard InChI is InChI=1S/C22H22N4O.ClH/c23-19-8-7-15-12-26(13-18(15)19)22(27)17-10-21(14-4-3-9-24-11-14)25-20-6-2-1-5-16(17)20;/h1-6,9-11,15,18-19H,7-8,12-13,23H2;1H. The van der Waals surface area contributed by atoms with Gasteiger partial charge in [0.2, 0.25) is 0 Å². The quantitative estimate of drug-likeness (QED) is 0.721. The average molecular weight is 395 g/mol. The molecule has 1 aliphatic carbocycles. The first-order chi connectivity index (χ1) is 13.2. The average Bonchev–Trinajstić information content (AvgIpc) is 3.29. The summed E-state index contributed by atoms with van der Waals surface area (Å²) in [6.45, 7) is 1.58. The monoisotopic (exact) mass is 394 g/mol. The Morgan fingerprint density at radius 2 is 1.96 bits per heavy atom. The zero-order valence-electron chi connectivity index (χ0n) is 15.5.